The van der Waals surface area contributed by atoms with E-state index in [1.807, 2.05) is 36.1 Å². The van der Waals surface area contributed by atoms with Gasteiger partial charge in [-0.05, 0) is 30.7 Å². The lowest BCUT2D eigenvalue weighted by Gasteiger charge is -2.31. The number of hydrogen-bond donors (Lipinski definition) is 1. The summed E-state index contributed by atoms with van der Waals surface area (Å²) in [5, 5.41) is 3.94. The molecule has 3 aromatic rings. The molecule has 6 nitrogen and oxygen atoms in total. The predicted octanol–water partition coefficient (Wildman–Crippen LogP) is 4.51. The number of benzene rings is 1. The highest BCUT2D eigenvalue weighted by molar-refractivity contribution is 5.96. The van der Waals surface area contributed by atoms with E-state index >= 15 is 0 Å². The summed E-state index contributed by atoms with van der Waals surface area (Å²) in [6.45, 7) is 4.88. The fourth-order valence-electron chi connectivity index (χ4n) is 3.76. The monoisotopic (exact) mass is 414 g/mol. The maximum Gasteiger partial charge on any atom is 0.267 e. The fraction of sp³-hybridized carbons (Fsp3) is 0.364. The van der Waals surface area contributed by atoms with Gasteiger partial charge in [0.2, 0.25) is 5.88 Å². The molecule has 4 rings (SSSR count). The Morgan fingerprint density at radius 1 is 1.13 bits per heavy atom. The summed E-state index contributed by atoms with van der Waals surface area (Å²) in [5.41, 5.74) is 3.68. The Kier molecular flexibility index (Phi) is 5.94. The number of alkyl halides is 2. The predicted molar refractivity (Wildman–Crippen MR) is 114 cm³/mol. The molecule has 0 saturated carbocycles. The van der Waals surface area contributed by atoms with E-state index in [1.165, 1.54) is 6.20 Å². The van der Waals surface area contributed by atoms with Crippen molar-refractivity contribution in [1.29, 1.82) is 0 Å². The van der Waals surface area contributed by atoms with E-state index in [0.29, 0.717) is 48.8 Å². The zero-order chi connectivity index (χ0) is 21.1. The van der Waals surface area contributed by atoms with Crippen molar-refractivity contribution >= 4 is 22.3 Å². The van der Waals surface area contributed by atoms with Crippen LogP contribution in [0, 0.1) is 0 Å². The first kappa shape index (κ1) is 20.3. The molecule has 0 radical (unpaired) electrons. The second-order valence-electron chi connectivity index (χ2n) is 7.01. The summed E-state index contributed by atoms with van der Waals surface area (Å²) in [7, 11) is 1.57. The molecule has 8 heteroatoms. The molecule has 0 amide bonds. The average molecular weight is 414 g/mol. The lowest BCUT2D eigenvalue weighted by molar-refractivity contribution is 0.121. The van der Waals surface area contributed by atoms with Crippen LogP contribution in [0.25, 0.3) is 22.0 Å². The molecule has 0 atom stereocenters. The minimum atomic E-state index is -2.61. The molecular formula is C22H24F2N4O2. The van der Waals surface area contributed by atoms with Crippen LogP contribution in [0.3, 0.4) is 0 Å². The Labute approximate surface area is 173 Å². The van der Waals surface area contributed by atoms with Crippen LogP contribution in [0.4, 0.5) is 20.2 Å². The number of rotatable bonds is 6. The Bertz CT molecular complexity index is 1040. The molecule has 0 spiro atoms. The van der Waals surface area contributed by atoms with Gasteiger partial charge in [-0.3, -0.25) is 4.98 Å². The Hall–Kier alpha value is -3.00. The van der Waals surface area contributed by atoms with E-state index in [1.54, 1.807) is 13.3 Å². The van der Waals surface area contributed by atoms with Gasteiger partial charge in [-0.2, -0.15) is 0 Å². The van der Waals surface area contributed by atoms with Gasteiger partial charge in [-0.25, -0.2) is 13.8 Å². The Morgan fingerprint density at radius 2 is 1.93 bits per heavy atom. The third kappa shape index (κ3) is 3.87. The molecule has 0 bridgehead atoms. The van der Waals surface area contributed by atoms with Gasteiger partial charge in [0.25, 0.3) is 6.43 Å². The molecule has 1 aromatic carbocycles. The summed E-state index contributed by atoms with van der Waals surface area (Å²) in [5.74, 6) is 0.511. The van der Waals surface area contributed by atoms with Crippen molar-refractivity contribution in [3.8, 4) is 17.0 Å². The number of ether oxygens (including phenoxy) is 2. The first-order chi connectivity index (χ1) is 14.6. The lowest BCUT2D eigenvalue weighted by atomic mass is 10.0. The number of nitrogens with one attached hydrogen (secondary N) is 1. The van der Waals surface area contributed by atoms with Crippen LogP contribution in [0.2, 0.25) is 0 Å². The smallest absolute Gasteiger partial charge is 0.267 e. The van der Waals surface area contributed by atoms with Crippen molar-refractivity contribution in [2.24, 2.45) is 0 Å². The molecule has 1 saturated heterocycles. The van der Waals surface area contributed by atoms with Crippen LogP contribution in [0.5, 0.6) is 5.88 Å². The summed E-state index contributed by atoms with van der Waals surface area (Å²) in [4.78, 5) is 10.6. The second-order valence-corrected chi connectivity index (χ2v) is 7.01. The van der Waals surface area contributed by atoms with Gasteiger partial charge < -0.3 is 19.7 Å². The van der Waals surface area contributed by atoms with Gasteiger partial charge in [0.15, 0.2) is 0 Å². The first-order valence-corrected chi connectivity index (χ1v) is 9.94. The third-order valence-corrected chi connectivity index (χ3v) is 5.18. The number of aromatic nitrogens is 2. The van der Waals surface area contributed by atoms with Gasteiger partial charge in [0.1, 0.15) is 0 Å². The highest BCUT2D eigenvalue weighted by Crippen LogP contribution is 2.38. The number of morpholine rings is 1. The van der Waals surface area contributed by atoms with E-state index in [2.05, 4.69) is 15.3 Å². The van der Waals surface area contributed by atoms with Gasteiger partial charge >= 0.3 is 0 Å². The van der Waals surface area contributed by atoms with Crippen molar-refractivity contribution in [3.05, 3.63) is 42.2 Å². The van der Waals surface area contributed by atoms with Gasteiger partial charge in [-0.15, -0.1) is 0 Å². The lowest BCUT2D eigenvalue weighted by Crippen LogP contribution is -2.37. The van der Waals surface area contributed by atoms with Gasteiger partial charge in [-0.1, -0.05) is 6.07 Å². The van der Waals surface area contributed by atoms with Crippen molar-refractivity contribution in [1.82, 2.24) is 9.97 Å². The molecule has 158 valence electrons. The minimum absolute atomic E-state index is 0.0530. The number of anilines is 2. The Morgan fingerprint density at radius 3 is 2.63 bits per heavy atom. The number of hydrogen-bond acceptors (Lipinski definition) is 6. The maximum atomic E-state index is 13.8. The van der Waals surface area contributed by atoms with Crippen LogP contribution in [0.1, 0.15) is 18.9 Å². The normalized spacial score (nSPS) is 14.4. The van der Waals surface area contributed by atoms with Crippen LogP contribution < -0.4 is 15.0 Å². The van der Waals surface area contributed by atoms with Crippen molar-refractivity contribution in [2.45, 2.75) is 13.3 Å². The summed E-state index contributed by atoms with van der Waals surface area (Å²) in [6.07, 6.45) is 0.404. The van der Waals surface area contributed by atoms with Crippen molar-refractivity contribution < 1.29 is 18.3 Å². The molecular weight excluding hydrogens is 390 g/mol. The van der Waals surface area contributed by atoms with E-state index in [9.17, 15) is 8.78 Å². The Balaban J connectivity index is 1.86. The highest BCUT2D eigenvalue weighted by Gasteiger charge is 2.23. The molecule has 3 heterocycles. The summed E-state index contributed by atoms with van der Waals surface area (Å²) >= 11 is 0. The fourth-order valence-corrected chi connectivity index (χ4v) is 3.76. The van der Waals surface area contributed by atoms with Gasteiger partial charge in [0, 0.05) is 43.0 Å². The molecule has 0 aliphatic carbocycles. The molecule has 0 unspecified atom stereocenters. The number of fused-ring (bicyclic) bond motifs is 1. The van der Waals surface area contributed by atoms with Crippen LogP contribution >= 0.6 is 0 Å². The van der Waals surface area contributed by atoms with E-state index in [-0.39, 0.29) is 5.56 Å². The highest BCUT2D eigenvalue weighted by atomic mass is 19.3. The number of methoxy groups -OCH3 is 1. The molecule has 1 aliphatic rings. The SMILES string of the molecule is CCNc1cc(-c2ccc3ncc(C(F)F)c(N4CCOCC4)c3c2)cnc1OC. The van der Waals surface area contributed by atoms with Crippen molar-refractivity contribution in [2.75, 3.05) is 50.2 Å². The van der Waals surface area contributed by atoms with E-state index in [0.717, 1.165) is 23.4 Å². The number of nitrogens with zero attached hydrogens (tertiary/aromatic N) is 3. The number of halogens is 2. The van der Waals surface area contributed by atoms with E-state index in [4.69, 9.17) is 9.47 Å². The van der Waals surface area contributed by atoms with Crippen LogP contribution in [-0.2, 0) is 4.74 Å². The quantitative estimate of drug-likeness (QED) is 0.640. The second kappa shape index (κ2) is 8.79. The number of pyridine rings is 2. The third-order valence-electron chi connectivity index (χ3n) is 5.18. The summed E-state index contributed by atoms with van der Waals surface area (Å²) in [6, 6.07) is 7.66. The zero-order valence-electron chi connectivity index (χ0n) is 17.0. The zero-order valence-corrected chi connectivity index (χ0v) is 17.0. The van der Waals surface area contributed by atoms with Gasteiger partial charge in [0.05, 0.1) is 42.8 Å². The first-order valence-electron chi connectivity index (χ1n) is 9.94. The summed E-state index contributed by atoms with van der Waals surface area (Å²) < 4.78 is 38.4. The molecule has 1 aliphatic heterocycles. The van der Waals surface area contributed by atoms with Crippen LogP contribution in [0.15, 0.2) is 36.7 Å². The van der Waals surface area contributed by atoms with Crippen molar-refractivity contribution in [3.63, 3.8) is 0 Å². The molecule has 1 fully saturated rings. The topological polar surface area (TPSA) is 59.5 Å². The molecule has 1 N–H and O–H groups in total. The minimum Gasteiger partial charge on any atom is -0.480 e. The van der Waals surface area contributed by atoms with Crippen LogP contribution in [-0.4, -0.2) is 49.9 Å². The molecule has 30 heavy (non-hydrogen) atoms. The van der Waals surface area contributed by atoms with E-state index < -0.39 is 6.43 Å². The standard InChI is InChI=1S/C22H24F2N4O2/c1-3-25-19-11-15(12-27-22(19)29-2)14-4-5-18-16(10-14)20(17(13-26-18)21(23)24)28-6-8-30-9-7-28/h4-5,10-13,21,25H,3,6-9H2,1-2H3. The molecule has 2 aromatic heterocycles. The largest absolute Gasteiger partial charge is 0.480 e. The maximum absolute atomic E-state index is 13.8. The average Bonchev–Trinajstić information content (AvgIpc) is 2.78.